The molecule has 0 aliphatic heterocycles. The standard InChI is InChI=1S/C12H9N3O2S/c1-17-11(16)8-4-2-7(3-5-8)10-9(6-13)18-12(14)15-10/h2-5H,1H3,(H2,14,15). The molecule has 2 N–H and O–H groups in total. The highest BCUT2D eigenvalue weighted by Gasteiger charge is 2.12. The van der Waals surface area contributed by atoms with Crippen LogP contribution in [0.15, 0.2) is 24.3 Å². The lowest BCUT2D eigenvalue weighted by Crippen LogP contribution is -2.00. The number of nitriles is 1. The van der Waals surface area contributed by atoms with Crippen LogP contribution < -0.4 is 5.73 Å². The Kier molecular flexibility index (Phi) is 3.26. The molecule has 0 aliphatic rings. The molecular formula is C12H9N3O2S. The van der Waals surface area contributed by atoms with Crippen LogP contribution in [0.2, 0.25) is 0 Å². The zero-order chi connectivity index (χ0) is 13.1. The van der Waals surface area contributed by atoms with E-state index in [0.29, 0.717) is 21.3 Å². The molecule has 1 aromatic carbocycles. The van der Waals surface area contributed by atoms with Crippen molar-refractivity contribution in [2.24, 2.45) is 0 Å². The van der Waals surface area contributed by atoms with Gasteiger partial charge in [0.15, 0.2) is 5.13 Å². The monoisotopic (exact) mass is 259 g/mol. The van der Waals surface area contributed by atoms with E-state index in [4.69, 9.17) is 11.0 Å². The fourth-order valence-electron chi connectivity index (χ4n) is 1.49. The van der Waals surface area contributed by atoms with Crippen LogP contribution >= 0.6 is 11.3 Å². The summed E-state index contributed by atoms with van der Waals surface area (Å²) in [6.45, 7) is 0. The predicted octanol–water partition coefficient (Wildman–Crippen LogP) is 2.05. The quantitative estimate of drug-likeness (QED) is 0.834. The maximum absolute atomic E-state index is 11.3. The summed E-state index contributed by atoms with van der Waals surface area (Å²) in [5.41, 5.74) is 7.30. The second-order valence-electron chi connectivity index (χ2n) is 3.41. The van der Waals surface area contributed by atoms with Gasteiger partial charge in [0.25, 0.3) is 0 Å². The first kappa shape index (κ1) is 12.1. The number of nitrogen functional groups attached to an aromatic ring is 1. The van der Waals surface area contributed by atoms with Crippen LogP contribution in [0.25, 0.3) is 11.3 Å². The van der Waals surface area contributed by atoms with Crippen molar-refractivity contribution in [3.63, 3.8) is 0 Å². The Hall–Kier alpha value is -2.39. The Morgan fingerprint density at radius 1 is 1.44 bits per heavy atom. The van der Waals surface area contributed by atoms with Crippen molar-refractivity contribution in [2.75, 3.05) is 12.8 Å². The minimum Gasteiger partial charge on any atom is -0.465 e. The van der Waals surface area contributed by atoms with Crippen LogP contribution in [-0.4, -0.2) is 18.1 Å². The molecule has 0 bridgehead atoms. The lowest BCUT2D eigenvalue weighted by Gasteiger charge is -2.01. The third-order valence-electron chi connectivity index (χ3n) is 2.32. The van der Waals surface area contributed by atoms with Gasteiger partial charge in [-0.15, -0.1) is 0 Å². The normalized spacial score (nSPS) is 9.78. The third kappa shape index (κ3) is 2.17. The number of hydrogen-bond donors (Lipinski definition) is 1. The van der Waals surface area contributed by atoms with E-state index in [2.05, 4.69) is 9.72 Å². The lowest BCUT2D eigenvalue weighted by molar-refractivity contribution is 0.0601. The van der Waals surface area contributed by atoms with Gasteiger partial charge in [0, 0.05) is 5.56 Å². The largest absolute Gasteiger partial charge is 0.465 e. The number of rotatable bonds is 2. The van der Waals surface area contributed by atoms with Crippen molar-refractivity contribution < 1.29 is 9.53 Å². The average Bonchev–Trinajstić information content (AvgIpc) is 2.79. The molecule has 0 aliphatic carbocycles. The first-order chi connectivity index (χ1) is 8.65. The number of nitrogens with two attached hydrogens (primary N) is 1. The molecule has 0 amide bonds. The van der Waals surface area contributed by atoms with E-state index in [0.717, 1.165) is 16.9 Å². The number of carbonyl (C=O) groups excluding carboxylic acids is 1. The van der Waals surface area contributed by atoms with E-state index in [1.165, 1.54) is 7.11 Å². The lowest BCUT2D eigenvalue weighted by atomic mass is 10.1. The van der Waals surface area contributed by atoms with E-state index in [1.807, 2.05) is 6.07 Å². The van der Waals surface area contributed by atoms with Crippen molar-refractivity contribution in [3.05, 3.63) is 34.7 Å². The number of ether oxygens (including phenoxy) is 1. The topological polar surface area (TPSA) is 89.0 Å². The van der Waals surface area contributed by atoms with Gasteiger partial charge in [-0.05, 0) is 12.1 Å². The van der Waals surface area contributed by atoms with Crippen molar-refractivity contribution in [2.45, 2.75) is 0 Å². The van der Waals surface area contributed by atoms with E-state index < -0.39 is 5.97 Å². The van der Waals surface area contributed by atoms with Gasteiger partial charge >= 0.3 is 5.97 Å². The van der Waals surface area contributed by atoms with Crippen molar-refractivity contribution in [3.8, 4) is 17.3 Å². The highest BCUT2D eigenvalue weighted by atomic mass is 32.1. The maximum atomic E-state index is 11.3. The molecule has 1 aromatic heterocycles. The molecule has 2 rings (SSSR count). The number of nitrogens with zero attached hydrogens (tertiary/aromatic N) is 2. The Labute approximate surface area is 107 Å². The van der Waals surface area contributed by atoms with Crippen molar-refractivity contribution in [1.29, 1.82) is 5.26 Å². The van der Waals surface area contributed by atoms with Crippen molar-refractivity contribution >= 4 is 22.4 Å². The van der Waals surface area contributed by atoms with Gasteiger partial charge in [0.05, 0.1) is 12.7 Å². The second kappa shape index (κ2) is 4.85. The molecule has 1 heterocycles. The van der Waals surface area contributed by atoms with Gasteiger partial charge in [-0.25, -0.2) is 9.78 Å². The van der Waals surface area contributed by atoms with Gasteiger partial charge in [-0.1, -0.05) is 23.5 Å². The number of carbonyl (C=O) groups is 1. The van der Waals surface area contributed by atoms with Crippen LogP contribution in [0, 0.1) is 11.3 Å². The van der Waals surface area contributed by atoms with Crippen LogP contribution in [-0.2, 0) is 4.74 Å². The molecule has 0 atom stereocenters. The summed E-state index contributed by atoms with van der Waals surface area (Å²) in [7, 11) is 1.32. The zero-order valence-corrected chi connectivity index (χ0v) is 10.3. The van der Waals surface area contributed by atoms with E-state index >= 15 is 0 Å². The molecule has 0 unspecified atom stereocenters. The highest BCUT2D eigenvalue weighted by Crippen LogP contribution is 2.29. The summed E-state index contributed by atoms with van der Waals surface area (Å²) in [5.74, 6) is -0.403. The number of methoxy groups -OCH3 is 1. The molecule has 90 valence electrons. The van der Waals surface area contributed by atoms with Gasteiger partial charge in [-0.3, -0.25) is 0 Å². The van der Waals surface area contributed by atoms with Crippen LogP contribution in [0.5, 0.6) is 0 Å². The predicted molar refractivity (Wildman–Crippen MR) is 68.0 cm³/mol. The number of benzene rings is 1. The first-order valence-electron chi connectivity index (χ1n) is 5.01. The molecule has 0 spiro atoms. The molecule has 6 heteroatoms. The second-order valence-corrected chi connectivity index (χ2v) is 4.44. The maximum Gasteiger partial charge on any atom is 0.337 e. The number of hydrogen-bond acceptors (Lipinski definition) is 6. The van der Waals surface area contributed by atoms with Gasteiger partial charge < -0.3 is 10.5 Å². The highest BCUT2D eigenvalue weighted by molar-refractivity contribution is 7.16. The fraction of sp³-hybridized carbons (Fsp3) is 0.0833. The summed E-state index contributed by atoms with van der Waals surface area (Å²) in [5, 5.41) is 9.31. The van der Waals surface area contributed by atoms with E-state index in [9.17, 15) is 4.79 Å². The molecule has 0 saturated carbocycles. The van der Waals surface area contributed by atoms with Gasteiger partial charge in [0.1, 0.15) is 16.6 Å². The van der Waals surface area contributed by atoms with E-state index in [1.54, 1.807) is 24.3 Å². The van der Waals surface area contributed by atoms with E-state index in [-0.39, 0.29) is 0 Å². The van der Waals surface area contributed by atoms with Crippen molar-refractivity contribution in [1.82, 2.24) is 4.98 Å². The molecule has 0 saturated heterocycles. The van der Waals surface area contributed by atoms with Crippen LogP contribution in [0.1, 0.15) is 15.2 Å². The summed E-state index contributed by atoms with van der Waals surface area (Å²) in [4.78, 5) is 15.8. The third-order valence-corrected chi connectivity index (χ3v) is 3.11. The summed E-state index contributed by atoms with van der Waals surface area (Å²) in [6.07, 6.45) is 0. The average molecular weight is 259 g/mol. The minimum absolute atomic E-state index is 0.346. The smallest absolute Gasteiger partial charge is 0.337 e. The summed E-state index contributed by atoms with van der Waals surface area (Å²) >= 11 is 1.14. The Morgan fingerprint density at radius 2 is 2.11 bits per heavy atom. The van der Waals surface area contributed by atoms with Gasteiger partial charge in [-0.2, -0.15) is 5.26 Å². The van der Waals surface area contributed by atoms with Gasteiger partial charge in [0.2, 0.25) is 0 Å². The summed E-state index contributed by atoms with van der Waals surface area (Å²) < 4.78 is 4.61. The number of thiazole rings is 1. The summed E-state index contributed by atoms with van der Waals surface area (Å²) in [6, 6.07) is 8.71. The molecule has 5 nitrogen and oxygen atoms in total. The first-order valence-corrected chi connectivity index (χ1v) is 5.82. The SMILES string of the molecule is COC(=O)c1ccc(-c2nc(N)sc2C#N)cc1. The fourth-order valence-corrected chi connectivity index (χ4v) is 2.14. The Morgan fingerprint density at radius 3 is 2.67 bits per heavy atom. The Balaban J connectivity index is 2.40. The Bertz CT molecular complexity index is 626. The van der Waals surface area contributed by atoms with Crippen LogP contribution in [0.4, 0.5) is 5.13 Å². The zero-order valence-electron chi connectivity index (χ0n) is 9.51. The number of esters is 1. The molecule has 0 radical (unpaired) electrons. The molecule has 2 aromatic rings. The molecular weight excluding hydrogens is 250 g/mol. The molecule has 18 heavy (non-hydrogen) atoms. The van der Waals surface area contributed by atoms with Crippen LogP contribution in [0.3, 0.4) is 0 Å². The minimum atomic E-state index is -0.403. The number of aromatic nitrogens is 1. The number of anilines is 1. The molecule has 0 fully saturated rings.